The van der Waals surface area contributed by atoms with Crippen molar-refractivity contribution >= 4 is 11.8 Å². The molecule has 0 spiro atoms. The van der Waals surface area contributed by atoms with Crippen molar-refractivity contribution in [2.75, 3.05) is 19.6 Å². The normalized spacial score (nSPS) is 17.9. The molecule has 2 rings (SSSR count). The Morgan fingerprint density at radius 2 is 1.82 bits per heavy atom. The van der Waals surface area contributed by atoms with Crippen molar-refractivity contribution in [3.63, 3.8) is 0 Å². The fourth-order valence-electron chi connectivity index (χ4n) is 3.33. The molecular formula is C19H24F4N2O3. The first-order valence-corrected chi connectivity index (χ1v) is 9.05. The second kappa shape index (κ2) is 8.06. The lowest BCUT2D eigenvalue weighted by Gasteiger charge is -2.40. The summed E-state index contributed by atoms with van der Waals surface area (Å²) in [5.74, 6) is -2.53. The number of nitrogens with zero attached hydrogens (tertiary/aromatic N) is 2. The Morgan fingerprint density at radius 1 is 1.25 bits per heavy atom. The predicted octanol–water partition coefficient (Wildman–Crippen LogP) is 2.90. The van der Waals surface area contributed by atoms with E-state index in [1.807, 2.05) is 0 Å². The molecule has 0 aliphatic carbocycles. The Morgan fingerprint density at radius 3 is 2.29 bits per heavy atom. The number of aliphatic hydroxyl groups is 1. The third-order valence-electron chi connectivity index (χ3n) is 5.12. The van der Waals surface area contributed by atoms with Crippen LogP contribution in [0.25, 0.3) is 0 Å². The molecule has 0 saturated carbocycles. The zero-order chi connectivity index (χ0) is 21.3. The standard InChI is InChI=1S/C19H24F4N2O3/c1-4-25(16(26)14-6-5-12(2)11-15(14)20)13-7-9-24(10-8-13)17(27)18(3,28)19(21,22)23/h5-6,11,13,28H,4,7-10H2,1-3H3/t18-/m1/s1. The monoisotopic (exact) mass is 404 g/mol. The molecule has 1 fully saturated rings. The van der Waals surface area contributed by atoms with Crippen molar-refractivity contribution in [2.24, 2.45) is 0 Å². The highest BCUT2D eigenvalue weighted by Gasteiger charge is 2.57. The van der Waals surface area contributed by atoms with Crippen molar-refractivity contribution in [2.45, 2.75) is 51.4 Å². The maximum Gasteiger partial charge on any atom is 0.426 e. The number of alkyl halides is 3. The molecule has 0 unspecified atom stereocenters. The Balaban J connectivity index is 2.08. The summed E-state index contributed by atoms with van der Waals surface area (Å²) in [6, 6.07) is 3.97. The molecule has 5 nitrogen and oxygen atoms in total. The minimum absolute atomic E-state index is 0.0319. The lowest BCUT2D eigenvalue weighted by atomic mass is 9.98. The largest absolute Gasteiger partial charge is 0.426 e. The van der Waals surface area contributed by atoms with Crippen LogP contribution in [0.5, 0.6) is 0 Å². The Labute approximate surface area is 160 Å². The van der Waals surface area contributed by atoms with E-state index in [0.717, 1.165) is 4.90 Å². The van der Waals surface area contributed by atoms with E-state index in [2.05, 4.69) is 0 Å². The van der Waals surface area contributed by atoms with Gasteiger partial charge in [-0.2, -0.15) is 13.2 Å². The van der Waals surface area contributed by atoms with Crippen LogP contribution in [-0.2, 0) is 4.79 Å². The number of likely N-dealkylation sites (tertiary alicyclic amines) is 1. The van der Waals surface area contributed by atoms with Gasteiger partial charge in [-0.1, -0.05) is 6.07 Å². The Hall–Kier alpha value is -2.16. The average molecular weight is 404 g/mol. The van der Waals surface area contributed by atoms with Crippen molar-refractivity contribution in [1.82, 2.24) is 9.80 Å². The van der Waals surface area contributed by atoms with Gasteiger partial charge in [-0.05, 0) is 51.3 Å². The number of hydrogen-bond acceptors (Lipinski definition) is 3. The summed E-state index contributed by atoms with van der Waals surface area (Å²) in [7, 11) is 0. The number of aryl methyl sites for hydroxylation is 1. The van der Waals surface area contributed by atoms with Crippen LogP contribution in [0.15, 0.2) is 18.2 Å². The van der Waals surface area contributed by atoms with Gasteiger partial charge in [0.2, 0.25) is 5.60 Å². The molecule has 1 aliphatic heterocycles. The number of carbonyl (C=O) groups excluding carboxylic acids is 2. The number of carbonyl (C=O) groups is 2. The lowest BCUT2D eigenvalue weighted by Crippen LogP contribution is -2.58. The molecule has 1 N–H and O–H groups in total. The first kappa shape index (κ1) is 22.1. The van der Waals surface area contributed by atoms with Crippen molar-refractivity contribution in [3.05, 3.63) is 35.1 Å². The van der Waals surface area contributed by atoms with Gasteiger partial charge in [0.15, 0.2) is 0 Å². The van der Waals surface area contributed by atoms with Crippen molar-refractivity contribution < 1.29 is 32.3 Å². The molecule has 1 heterocycles. The molecular weight excluding hydrogens is 380 g/mol. The summed E-state index contributed by atoms with van der Waals surface area (Å²) in [4.78, 5) is 27.2. The predicted molar refractivity (Wildman–Crippen MR) is 94.1 cm³/mol. The topological polar surface area (TPSA) is 60.9 Å². The third-order valence-corrected chi connectivity index (χ3v) is 5.12. The number of hydrogen-bond donors (Lipinski definition) is 1. The van der Waals surface area contributed by atoms with E-state index in [4.69, 9.17) is 0 Å². The Bertz CT molecular complexity index is 741. The summed E-state index contributed by atoms with van der Waals surface area (Å²) >= 11 is 0. The maximum atomic E-state index is 14.1. The molecule has 1 saturated heterocycles. The summed E-state index contributed by atoms with van der Waals surface area (Å²) in [6.45, 7) is 4.10. The van der Waals surface area contributed by atoms with Crippen LogP contribution in [0.3, 0.4) is 0 Å². The maximum absolute atomic E-state index is 14.1. The zero-order valence-electron chi connectivity index (χ0n) is 16.0. The summed E-state index contributed by atoms with van der Waals surface area (Å²) in [6.07, 6.45) is -4.59. The van der Waals surface area contributed by atoms with Crippen LogP contribution < -0.4 is 0 Å². The minimum atomic E-state index is -5.07. The fraction of sp³-hybridized carbons (Fsp3) is 0.579. The van der Waals surface area contributed by atoms with Crippen molar-refractivity contribution in [3.8, 4) is 0 Å². The highest BCUT2D eigenvalue weighted by Crippen LogP contribution is 2.32. The lowest BCUT2D eigenvalue weighted by molar-refractivity contribution is -0.250. The van der Waals surface area contributed by atoms with E-state index in [1.54, 1.807) is 19.9 Å². The summed E-state index contributed by atoms with van der Waals surface area (Å²) in [5, 5.41) is 9.56. The molecule has 1 aromatic carbocycles. The highest BCUT2D eigenvalue weighted by atomic mass is 19.4. The third kappa shape index (κ3) is 4.29. The molecule has 28 heavy (non-hydrogen) atoms. The molecule has 0 bridgehead atoms. The Kier molecular flexibility index (Phi) is 6.37. The first-order chi connectivity index (χ1) is 12.9. The van der Waals surface area contributed by atoms with Crippen molar-refractivity contribution in [1.29, 1.82) is 0 Å². The number of benzene rings is 1. The fourth-order valence-corrected chi connectivity index (χ4v) is 3.33. The number of piperidine rings is 1. The van der Waals surface area contributed by atoms with Gasteiger partial charge < -0.3 is 14.9 Å². The van der Waals surface area contributed by atoms with Gasteiger partial charge in [-0.25, -0.2) is 4.39 Å². The molecule has 0 aromatic heterocycles. The average Bonchev–Trinajstić information content (AvgIpc) is 2.61. The highest BCUT2D eigenvalue weighted by molar-refractivity contribution is 5.94. The van der Waals surface area contributed by atoms with Crippen LogP contribution in [0.1, 0.15) is 42.6 Å². The van der Waals surface area contributed by atoms with Gasteiger partial charge in [-0.3, -0.25) is 9.59 Å². The molecule has 9 heteroatoms. The molecule has 1 atom stereocenters. The van der Waals surface area contributed by atoms with Crippen LogP contribution >= 0.6 is 0 Å². The molecule has 1 aliphatic rings. The van der Waals surface area contributed by atoms with Gasteiger partial charge in [-0.15, -0.1) is 0 Å². The van der Waals surface area contributed by atoms with E-state index in [9.17, 15) is 32.3 Å². The summed E-state index contributed by atoms with van der Waals surface area (Å²) in [5.41, 5.74) is -2.84. The molecule has 1 aromatic rings. The smallest absolute Gasteiger partial charge is 0.373 e. The molecule has 2 amide bonds. The van der Waals surface area contributed by atoms with E-state index in [1.165, 1.54) is 17.0 Å². The van der Waals surface area contributed by atoms with Crippen LogP contribution in [0.4, 0.5) is 17.6 Å². The summed E-state index contributed by atoms with van der Waals surface area (Å²) < 4.78 is 52.8. The quantitative estimate of drug-likeness (QED) is 0.785. The number of amides is 2. The van der Waals surface area contributed by atoms with Gasteiger partial charge >= 0.3 is 6.18 Å². The van der Waals surface area contributed by atoms with E-state index in [-0.39, 0.29) is 37.5 Å². The zero-order valence-corrected chi connectivity index (χ0v) is 16.0. The molecule has 0 radical (unpaired) electrons. The minimum Gasteiger partial charge on any atom is -0.373 e. The second-order valence-corrected chi connectivity index (χ2v) is 7.17. The number of rotatable bonds is 4. The molecule has 156 valence electrons. The van der Waals surface area contributed by atoms with E-state index < -0.39 is 29.4 Å². The van der Waals surface area contributed by atoms with Crippen LogP contribution in [0.2, 0.25) is 0 Å². The van der Waals surface area contributed by atoms with Gasteiger partial charge in [0.25, 0.3) is 11.8 Å². The number of halogens is 4. The van der Waals surface area contributed by atoms with Gasteiger partial charge in [0.1, 0.15) is 5.82 Å². The van der Waals surface area contributed by atoms with Gasteiger partial charge in [0, 0.05) is 25.7 Å². The SMILES string of the molecule is CCN(C(=O)c1ccc(C)cc1F)C1CCN(C(=O)[C@@](C)(O)C(F)(F)F)CC1. The van der Waals surface area contributed by atoms with E-state index in [0.29, 0.717) is 19.0 Å². The van der Waals surface area contributed by atoms with Gasteiger partial charge in [0.05, 0.1) is 5.56 Å². The van der Waals surface area contributed by atoms with E-state index >= 15 is 0 Å². The first-order valence-electron chi connectivity index (χ1n) is 9.05. The van der Waals surface area contributed by atoms with Crippen LogP contribution in [0, 0.1) is 12.7 Å². The second-order valence-electron chi connectivity index (χ2n) is 7.17. The van der Waals surface area contributed by atoms with Crippen LogP contribution in [-0.4, -0.2) is 64.2 Å².